The zero-order valence-corrected chi connectivity index (χ0v) is 11.3. The molecule has 0 fully saturated rings. The Balaban J connectivity index is 2.23. The number of alkyl halides is 1. The molecule has 0 radical (unpaired) electrons. The average Bonchev–Trinajstić information content (AvgIpc) is 2.85. The quantitative estimate of drug-likeness (QED) is 0.771. The molecule has 0 saturated heterocycles. The number of hydrogen-bond donors (Lipinski definition) is 0. The number of rotatable bonds is 5. The van der Waals surface area contributed by atoms with Crippen LogP contribution in [-0.4, -0.2) is 18.0 Å². The molecule has 0 saturated carbocycles. The van der Waals surface area contributed by atoms with E-state index in [-0.39, 0.29) is 0 Å². The number of ether oxygens (including phenoxy) is 1. The zero-order chi connectivity index (χ0) is 13.0. The van der Waals surface area contributed by atoms with Crippen molar-refractivity contribution in [3.8, 4) is 17.1 Å². The van der Waals surface area contributed by atoms with E-state index >= 15 is 0 Å². The summed E-state index contributed by atoms with van der Waals surface area (Å²) in [5.41, 5.74) is 2.07. The van der Waals surface area contributed by atoms with Crippen molar-refractivity contribution in [3.63, 3.8) is 0 Å². The molecule has 96 valence electrons. The summed E-state index contributed by atoms with van der Waals surface area (Å²) in [5.74, 6) is 2.96. The first-order chi connectivity index (χ1) is 8.74. The molecule has 18 heavy (non-hydrogen) atoms. The lowest BCUT2D eigenvalue weighted by atomic mass is 10.1. The first kappa shape index (κ1) is 13.0. The van der Waals surface area contributed by atoms with Gasteiger partial charge in [-0.25, -0.2) is 4.98 Å². The van der Waals surface area contributed by atoms with Crippen LogP contribution in [0.15, 0.2) is 28.8 Å². The molecule has 1 aromatic heterocycles. The van der Waals surface area contributed by atoms with Gasteiger partial charge >= 0.3 is 0 Å². The Labute approximate surface area is 112 Å². The van der Waals surface area contributed by atoms with Crippen LogP contribution >= 0.6 is 11.6 Å². The van der Waals surface area contributed by atoms with Crippen LogP contribution in [0.2, 0.25) is 0 Å². The first-order valence-corrected chi connectivity index (χ1v) is 6.43. The van der Waals surface area contributed by atoms with Gasteiger partial charge in [-0.15, -0.1) is 11.6 Å². The lowest BCUT2D eigenvalue weighted by Crippen LogP contribution is -1.87. The molecule has 3 nitrogen and oxygen atoms in total. The molecule has 0 amide bonds. The van der Waals surface area contributed by atoms with Crippen molar-refractivity contribution in [1.29, 1.82) is 0 Å². The third-order valence-corrected chi connectivity index (χ3v) is 3.04. The highest BCUT2D eigenvalue weighted by Gasteiger charge is 2.08. The number of nitrogens with zero attached hydrogens (tertiary/aromatic N) is 1. The highest BCUT2D eigenvalue weighted by molar-refractivity contribution is 6.17. The highest BCUT2D eigenvalue weighted by atomic mass is 35.5. The average molecular weight is 266 g/mol. The Morgan fingerprint density at radius 2 is 2.22 bits per heavy atom. The van der Waals surface area contributed by atoms with E-state index in [1.54, 1.807) is 13.3 Å². The second kappa shape index (κ2) is 5.91. The Morgan fingerprint density at radius 3 is 2.94 bits per heavy atom. The standard InChI is InChI=1S/C14H16ClNO2/c1-10-5-6-11(8-12(10)17-2)13-9-16-14(18-13)4-3-7-15/h5-6,8-9H,3-4,7H2,1-2H3. The van der Waals surface area contributed by atoms with Crippen molar-refractivity contribution in [2.75, 3.05) is 13.0 Å². The van der Waals surface area contributed by atoms with Crippen molar-refractivity contribution in [2.45, 2.75) is 19.8 Å². The minimum absolute atomic E-state index is 0.621. The molecule has 0 aliphatic carbocycles. The van der Waals surface area contributed by atoms with Crippen LogP contribution in [0, 0.1) is 6.92 Å². The van der Waals surface area contributed by atoms with Crippen LogP contribution in [0.3, 0.4) is 0 Å². The van der Waals surface area contributed by atoms with Gasteiger partial charge in [-0.05, 0) is 25.0 Å². The number of aryl methyl sites for hydroxylation is 2. The number of halogens is 1. The molecule has 0 bridgehead atoms. The van der Waals surface area contributed by atoms with E-state index in [4.69, 9.17) is 20.8 Å². The summed E-state index contributed by atoms with van der Waals surface area (Å²) in [4.78, 5) is 4.24. The van der Waals surface area contributed by atoms with E-state index in [0.717, 1.165) is 41.4 Å². The molecule has 0 spiro atoms. The maximum atomic E-state index is 5.69. The Hall–Kier alpha value is -1.48. The van der Waals surface area contributed by atoms with Gasteiger partial charge in [0, 0.05) is 17.9 Å². The molecule has 2 aromatic rings. The van der Waals surface area contributed by atoms with Gasteiger partial charge in [0.25, 0.3) is 0 Å². The molecule has 4 heteroatoms. The summed E-state index contributed by atoms with van der Waals surface area (Å²) in [6, 6.07) is 5.97. The van der Waals surface area contributed by atoms with Gasteiger partial charge < -0.3 is 9.15 Å². The minimum atomic E-state index is 0.621. The number of methoxy groups -OCH3 is 1. The largest absolute Gasteiger partial charge is 0.496 e. The number of benzene rings is 1. The molecule has 1 heterocycles. The van der Waals surface area contributed by atoms with Gasteiger partial charge in [0.2, 0.25) is 0 Å². The van der Waals surface area contributed by atoms with E-state index in [1.807, 2.05) is 25.1 Å². The smallest absolute Gasteiger partial charge is 0.194 e. The second-order valence-corrected chi connectivity index (χ2v) is 4.47. The van der Waals surface area contributed by atoms with Gasteiger partial charge in [-0.2, -0.15) is 0 Å². The van der Waals surface area contributed by atoms with Gasteiger partial charge in [-0.3, -0.25) is 0 Å². The second-order valence-electron chi connectivity index (χ2n) is 4.10. The van der Waals surface area contributed by atoms with Crippen LogP contribution in [0.1, 0.15) is 17.9 Å². The summed E-state index contributed by atoms with van der Waals surface area (Å²) in [6.45, 7) is 2.01. The molecule has 0 aliphatic heterocycles. The lowest BCUT2D eigenvalue weighted by molar-refractivity contribution is 0.411. The Bertz CT molecular complexity index is 522. The summed E-state index contributed by atoms with van der Waals surface area (Å²) in [5, 5.41) is 0. The highest BCUT2D eigenvalue weighted by Crippen LogP contribution is 2.27. The lowest BCUT2D eigenvalue weighted by Gasteiger charge is -2.05. The van der Waals surface area contributed by atoms with Crippen molar-refractivity contribution >= 4 is 11.6 Å². The molecule has 0 aliphatic rings. The molecule has 2 rings (SSSR count). The molecule has 0 unspecified atom stereocenters. The van der Waals surface area contributed by atoms with Crippen molar-refractivity contribution in [1.82, 2.24) is 4.98 Å². The Kier molecular flexibility index (Phi) is 4.26. The molecular weight excluding hydrogens is 250 g/mol. The fourth-order valence-corrected chi connectivity index (χ4v) is 1.88. The fraction of sp³-hybridized carbons (Fsp3) is 0.357. The zero-order valence-electron chi connectivity index (χ0n) is 10.6. The van der Waals surface area contributed by atoms with Crippen molar-refractivity contribution in [2.24, 2.45) is 0 Å². The van der Waals surface area contributed by atoms with Gasteiger partial charge in [0.1, 0.15) is 5.75 Å². The normalized spacial score (nSPS) is 10.6. The van der Waals surface area contributed by atoms with E-state index < -0.39 is 0 Å². The first-order valence-electron chi connectivity index (χ1n) is 5.90. The predicted molar refractivity (Wildman–Crippen MR) is 72.3 cm³/mol. The van der Waals surface area contributed by atoms with Gasteiger partial charge in [0.15, 0.2) is 11.7 Å². The van der Waals surface area contributed by atoms with Crippen LogP contribution < -0.4 is 4.74 Å². The topological polar surface area (TPSA) is 35.3 Å². The fourth-order valence-electron chi connectivity index (χ4n) is 1.75. The Morgan fingerprint density at radius 1 is 1.39 bits per heavy atom. The summed E-state index contributed by atoms with van der Waals surface area (Å²) >= 11 is 5.65. The van der Waals surface area contributed by atoms with Crippen LogP contribution in [0.5, 0.6) is 5.75 Å². The number of hydrogen-bond acceptors (Lipinski definition) is 3. The van der Waals surface area contributed by atoms with E-state index in [0.29, 0.717) is 5.88 Å². The number of oxazole rings is 1. The molecule has 1 aromatic carbocycles. The van der Waals surface area contributed by atoms with Crippen molar-refractivity contribution in [3.05, 3.63) is 35.9 Å². The van der Waals surface area contributed by atoms with Crippen LogP contribution in [0.25, 0.3) is 11.3 Å². The van der Waals surface area contributed by atoms with E-state index in [2.05, 4.69) is 4.98 Å². The summed E-state index contributed by atoms with van der Waals surface area (Å²) in [7, 11) is 1.67. The molecular formula is C14H16ClNO2. The third-order valence-electron chi connectivity index (χ3n) is 2.77. The van der Waals surface area contributed by atoms with E-state index in [9.17, 15) is 0 Å². The summed E-state index contributed by atoms with van der Waals surface area (Å²) < 4.78 is 11.0. The van der Waals surface area contributed by atoms with Gasteiger partial charge in [0.05, 0.1) is 13.3 Å². The monoisotopic (exact) mass is 265 g/mol. The van der Waals surface area contributed by atoms with Crippen molar-refractivity contribution < 1.29 is 9.15 Å². The maximum Gasteiger partial charge on any atom is 0.194 e. The third kappa shape index (κ3) is 2.85. The van der Waals surface area contributed by atoms with Gasteiger partial charge in [-0.1, -0.05) is 12.1 Å². The number of aromatic nitrogens is 1. The SMILES string of the molecule is COc1cc(-c2cnc(CCCCl)o2)ccc1C. The van der Waals surface area contributed by atoms with Crippen LogP contribution in [0.4, 0.5) is 0 Å². The summed E-state index contributed by atoms with van der Waals surface area (Å²) in [6.07, 6.45) is 3.39. The molecule has 0 atom stereocenters. The molecule has 0 N–H and O–H groups in total. The van der Waals surface area contributed by atoms with Crippen LogP contribution in [-0.2, 0) is 6.42 Å². The minimum Gasteiger partial charge on any atom is -0.496 e. The predicted octanol–water partition coefficient (Wildman–Crippen LogP) is 3.83. The van der Waals surface area contributed by atoms with E-state index in [1.165, 1.54) is 0 Å². The maximum absolute atomic E-state index is 5.69.